The molecule has 0 radical (unpaired) electrons. The highest BCUT2D eigenvalue weighted by molar-refractivity contribution is 8.00. The summed E-state index contributed by atoms with van der Waals surface area (Å²) in [6.45, 7) is 10.7. The number of halogens is 3. The quantitative estimate of drug-likeness (QED) is 0.462. The molecule has 178 valence electrons. The number of alkyl halides is 3. The number of nitrogens with two attached hydrogens (primary N) is 2. The fourth-order valence-electron chi connectivity index (χ4n) is 3.83. The molecule has 3 rings (SSSR count). The summed E-state index contributed by atoms with van der Waals surface area (Å²) in [4.78, 5) is 22.5. The lowest BCUT2D eigenvalue weighted by Crippen LogP contribution is -2.40. The molecule has 2 aromatic rings. The molecule has 1 aliphatic rings. The number of nitrogens with zero attached hydrogens (tertiary/aromatic N) is 4. The Labute approximate surface area is 199 Å². The normalized spacial score (nSPS) is 15.4. The lowest BCUT2D eigenvalue weighted by molar-refractivity contribution is -0.137. The number of carbonyl (C=O) groups is 1. The Hall–Kier alpha value is -3.28. The molecule has 1 fully saturated rings. The first-order chi connectivity index (χ1) is 16.1. The number of carbonyl (C=O) groups excluding carboxylic acids is 1. The number of aromatic nitrogens is 1. The van der Waals surface area contributed by atoms with Crippen molar-refractivity contribution in [3.63, 3.8) is 0 Å². The van der Waals surface area contributed by atoms with Crippen LogP contribution in [0, 0.1) is 17.9 Å². The maximum Gasteiger partial charge on any atom is 0.416 e. The van der Waals surface area contributed by atoms with Crippen LogP contribution in [0.25, 0.3) is 4.85 Å². The molecule has 1 aromatic heterocycles. The van der Waals surface area contributed by atoms with Gasteiger partial charge in [-0.05, 0) is 42.5 Å². The van der Waals surface area contributed by atoms with Crippen LogP contribution in [0.2, 0.25) is 0 Å². The summed E-state index contributed by atoms with van der Waals surface area (Å²) in [5.74, 6) is -0.371. The van der Waals surface area contributed by atoms with E-state index in [1.54, 1.807) is 0 Å². The number of nitriles is 1. The number of hydrogen-bond acceptors (Lipinski definition) is 6. The number of rotatable bonds is 6. The molecule has 1 atom stereocenters. The molecule has 4 N–H and O–H groups in total. The molecule has 1 saturated heterocycles. The zero-order valence-electron chi connectivity index (χ0n) is 18.4. The monoisotopic (exact) mass is 488 g/mol. The summed E-state index contributed by atoms with van der Waals surface area (Å²) in [6, 6.07) is 6.29. The number of anilines is 1. The summed E-state index contributed by atoms with van der Waals surface area (Å²) >= 11 is 0.898. The van der Waals surface area contributed by atoms with Gasteiger partial charge in [-0.1, -0.05) is 30.8 Å². The number of hydrogen-bond donors (Lipinski definition) is 2. The van der Waals surface area contributed by atoms with E-state index in [4.69, 9.17) is 18.0 Å². The smallest absolute Gasteiger partial charge is 0.368 e. The maximum atomic E-state index is 12.9. The molecule has 34 heavy (non-hydrogen) atoms. The second kappa shape index (κ2) is 10.3. The number of thioether (sulfide) groups is 1. The van der Waals surface area contributed by atoms with Crippen molar-refractivity contribution in [2.75, 3.05) is 18.0 Å². The van der Waals surface area contributed by atoms with E-state index in [1.165, 1.54) is 12.1 Å². The highest BCUT2D eigenvalue weighted by atomic mass is 32.2. The number of primary amides is 1. The lowest BCUT2D eigenvalue weighted by atomic mass is 10.0. The van der Waals surface area contributed by atoms with Gasteiger partial charge in [0.15, 0.2) is 0 Å². The van der Waals surface area contributed by atoms with Crippen LogP contribution in [-0.4, -0.2) is 30.0 Å². The third-order valence-electron chi connectivity index (χ3n) is 5.67. The van der Waals surface area contributed by atoms with Gasteiger partial charge in [0, 0.05) is 19.1 Å². The topological polar surface area (TPSA) is 113 Å². The van der Waals surface area contributed by atoms with Crippen LogP contribution in [-0.2, 0) is 17.4 Å². The van der Waals surface area contributed by atoms with E-state index in [0.29, 0.717) is 30.9 Å². The lowest BCUT2D eigenvalue weighted by Gasteiger charge is -2.33. The maximum absolute atomic E-state index is 12.9. The fraction of sp³-hybridized carbons (Fsp3) is 0.391. The van der Waals surface area contributed by atoms with E-state index in [9.17, 15) is 23.2 Å². The molecule has 0 saturated carbocycles. The molecule has 0 bridgehead atoms. The standard InChI is InChI=1S/C23H23F3N6OS/c1-3-16-17(12-27)22(31-21(18(16)30-2)32-10-8-15(28)9-11-32)34-19(20(29)33)13-4-6-14(7-5-13)23(24,25)26/h4-7,15,19H,3,8-11,28H2,1H3,(H2,29,33). The summed E-state index contributed by atoms with van der Waals surface area (Å²) in [6.07, 6.45) is -2.68. The van der Waals surface area contributed by atoms with Crippen LogP contribution >= 0.6 is 11.8 Å². The molecule has 0 aliphatic carbocycles. The fourth-order valence-corrected chi connectivity index (χ4v) is 4.89. The summed E-state index contributed by atoms with van der Waals surface area (Å²) in [5.41, 5.74) is 12.0. The minimum absolute atomic E-state index is 0.0597. The third kappa shape index (κ3) is 5.27. The Bertz CT molecular complexity index is 1150. The van der Waals surface area contributed by atoms with E-state index >= 15 is 0 Å². The molecule has 7 nitrogen and oxygen atoms in total. The second-order valence-electron chi connectivity index (χ2n) is 7.86. The van der Waals surface area contributed by atoms with Gasteiger partial charge in [-0.15, -0.1) is 0 Å². The molecule has 0 spiro atoms. The minimum Gasteiger partial charge on any atom is -0.368 e. The number of pyridine rings is 1. The van der Waals surface area contributed by atoms with Crippen molar-refractivity contribution in [1.29, 1.82) is 5.26 Å². The summed E-state index contributed by atoms with van der Waals surface area (Å²) < 4.78 is 38.8. The van der Waals surface area contributed by atoms with Crippen LogP contribution < -0.4 is 16.4 Å². The van der Waals surface area contributed by atoms with E-state index in [0.717, 1.165) is 36.7 Å². The largest absolute Gasteiger partial charge is 0.416 e. The summed E-state index contributed by atoms with van der Waals surface area (Å²) in [7, 11) is 0. The zero-order valence-corrected chi connectivity index (χ0v) is 19.2. The summed E-state index contributed by atoms with van der Waals surface area (Å²) in [5, 5.41) is 8.99. The van der Waals surface area contributed by atoms with Crippen molar-refractivity contribution in [1.82, 2.24) is 4.98 Å². The molecule has 1 aliphatic heterocycles. The van der Waals surface area contributed by atoms with E-state index in [2.05, 4.69) is 15.9 Å². The average Bonchev–Trinajstić information content (AvgIpc) is 2.81. The van der Waals surface area contributed by atoms with Crippen molar-refractivity contribution in [2.45, 2.75) is 48.7 Å². The van der Waals surface area contributed by atoms with Gasteiger partial charge in [0.05, 0.1) is 17.7 Å². The van der Waals surface area contributed by atoms with Gasteiger partial charge >= 0.3 is 6.18 Å². The third-order valence-corrected chi connectivity index (χ3v) is 6.92. The minimum atomic E-state index is -4.51. The average molecular weight is 489 g/mol. The number of amides is 1. The van der Waals surface area contributed by atoms with Crippen molar-refractivity contribution in [3.05, 3.63) is 57.9 Å². The van der Waals surface area contributed by atoms with Crippen LogP contribution in [0.4, 0.5) is 24.7 Å². The Morgan fingerprint density at radius 2 is 1.97 bits per heavy atom. The van der Waals surface area contributed by atoms with Crippen molar-refractivity contribution >= 4 is 29.2 Å². The van der Waals surface area contributed by atoms with E-state index in [-0.39, 0.29) is 27.9 Å². The molecule has 1 unspecified atom stereocenters. The van der Waals surface area contributed by atoms with Gasteiger partial charge < -0.3 is 16.4 Å². The molecular weight excluding hydrogens is 465 g/mol. The predicted molar refractivity (Wildman–Crippen MR) is 123 cm³/mol. The van der Waals surface area contributed by atoms with Gasteiger partial charge in [0.1, 0.15) is 22.2 Å². The van der Waals surface area contributed by atoms with Crippen LogP contribution in [0.15, 0.2) is 29.3 Å². The van der Waals surface area contributed by atoms with Gasteiger partial charge in [-0.25, -0.2) is 9.83 Å². The van der Waals surface area contributed by atoms with Crippen molar-refractivity contribution in [3.8, 4) is 6.07 Å². The molecule has 11 heteroatoms. The van der Waals surface area contributed by atoms with Gasteiger partial charge in [0.2, 0.25) is 11.6 Å². The van der Waals surface area contributed by atoms with E-state index < -0.39 is 22.9 Å². The zero-order chi connectivity index (χ0) is 25.0. The number of benzene rings is 1. The first-order valence-electron chi connectivity index (χ1n) is 10.6. The van der Waals surface area contributed by atoms with E-state index in [1.807, 2.05) is 11.8 Å². The molecule has 1 amide bonds. The number of piperidine rings is 1. The Morgan fingerprint density at radius 1 is 1.35 bits per heavy atom. The van der Waals surface area contributed by atoms with Crippen molar-refractivity contribution < 1.29 is 18.0 Å². The Morgan fingerprint density at radius 3 is 2.44 bits per heavy atom. The predicted octanol–water partition coefficient (Wildman–Crippen LogP) is 4.33. The van der Waals surface area contributed by atoms with Gasteiger partial charge in [-0.3, -0.25) is 4.79 Å². The second-order valence-corrected chi connectivity index (χ2v) is 8.96. The van der Waals surface area contributed by atoms with Crippen LogP contribution in [0.5, 0.6) is 0 Å². The Balaban J connectivity index is 2.08. The molecule has 1 aromatic carbocycles. The molecule has 2 heterocycles. The molecular formula is C23H23F3N6OS. The first-order valence-corrected chi connectivity index (χ1v) is 11.5. The Kier molecular flexibility index (Phi) is 7.70. The highest BCUT2D eigenvalue weighted by Gasteiger charge is 2.32. The first kappa shape index (κ1) is 25.3. The highest BCUT2D eigenvalue weighted by Crippen LogP contribution is 2.43. The van der Waals surface area contributed by atoms with Crippen LogP contribution in [0.1, 0.15) is 47.3 Å². The van der Waals surface area contributed by atoms with Gasteiger partial charge in [0.25, 0.3) is 0 Å². The SMILES string of the molecule is [C-]#[N+]c1c(N2CCC(N)CC2)nc(SC(C(N)=O)c2ccc(C(F)(F)F)cc2)c(C#N)c1CC. The van der Waals surface area contributed by atoms with Gasteiger partial charge in [-0.2, -0.15) is 18.4 Å². The van der Waals surface area contributed by atoms with Crippen LogP contribution in [0.3, 0.4) is 0 Å². The van der Waals surface area contributed by atoms with Crippen molar-refractivity contribution in [2.24, 2.45) is 11.5 Å².